The Morgan fingerprint density at radius 3 is 2.70 bits per heavy atom. The second kappa shape index (κ2) is 5.05. The lowest BCUT2D eigenvalue weighted by atomic mass is 10.0. The van der Waals surface area contributed by atoms with Crippen molar-refractivity contribution in [3.8, 4) is 0 Å². The second-order valence-electron chi connectivity index (χ2n) is 5.00. The van der Waals surface area contributed by atoms with Crippen LogP contribution in [-0.4, -0.2) is 32.1 Å². The fourth-order valence-corrected chi connectivity index (χ4v) is 2.73. The van der Waals surface area contributed by atoms with Crippen LogP contribution in [0.15, 0.2) is 30.3 Å². The minimum absolute atomic E-state index is 0.333. The first-order chi connectivity index (χ1) is 9.66. The van der Waals surface area contributed by atoms with Crippen LogP contribution < -0.4 is 5.73 Å². The smallest absolute Gasteiger partial charge is 0.239 e. The van der Waals surface area contributed by atoms with Crippen LogP contribution >= 0.6 is 0 Å². The van der Waals surface area contributed by atoms with Crippen molar-refractivity contribution in [1.82, 2.24) is 19.7 Å². The molecular formula is C14H17N5O. The zero-order valence-electron chi connectivity index (χ0n) is 11.4. The molecule has 104 valence electrons. The van der Waals surface area contributed by atoms with Crippen LogP contribution in [0.5, 0.6) is 0 Å². The van der Waals surface area contributed by atoms with Crippen LogP contribution in [0.3, 0.4) is 0 Å². The van der Waals surface area contributed by atoms with Gasteiger partial charge in [0, 0.05) is 13.1 Å². The van der Waals surface area contributed by atoms with Gasteiger partial charge in [-0.1, -0.05) is 30.3 Å². The van der Waals surface area contributed by atoms with Crippen molar-refractivity contribution in [2.45, 2.75) is 26.1 Å². The van der Waals surface area contributed by atoms with Crippen molar-refractivity contribution < 1.29 is 4.79 Å². The molecule has 0 saturated heterocycles. The monoisotopic (exact) mass is 271 g/mol. The number of carbonyl (C=O) groups is 1. The highest BCUT2D eigenvalue weighted by atomic mass is 16.1. The lowest BCUT2D eigenvalue weighted by Crippen LogP contribution is -2.42. The van der Waals surface area contributed by atoms with Crippen molar-refractivity contribution >= 4 is 5.91 Å². The molecule has 6 nitrogen and oxygen atoms in total. The number of rotatable bonds is 3. The van der Waals surface area contributed by atoms with E-state index >= 15 is 0 Å². The lowest BCUT2D eigenvalue weighted by Gasteiger charge is -2.33. The first-order valence-electron chi connectivity index (χ1n) is 6.64. The van der Waals surface area contributed by atoms with Gasteiger partial charge < -0.3 is 10.3 Å². The third-order valence-corrected chi connectivity index (χ3v) is 3.72. The highest BCUT2D eigenvalue weighted by Gasteiger charge is 2.30. The topological polar surface area (TPSA) is 77.0 Å². The molecule has 1 aromatic carbocycles. The fraction of sp³-hybridized carbons (Fsp3) is 0.357. The number of nitrogens with two attached hydrogens (primary N) is 1. The summed E-state index contributed by atoms with van der Waals surface area (Å²) in [4.78, 5) is 13.9. The van der Waals surface area contributed by atoms with E-state index in [4.69, 9.17) is 5.73 Å². The molecule has 3 rings (SSSR count). The lowest BCUT2D eigenvalue weighted by molar-refractivity contribution is -0.124. The van der Waals surface area contributed by atoms with Gasteiger partial charge in [0.2, 0.25) is 5.91 Å². The molecule has 0 radical (unpaired) electrons. The summed E-state index contributed by atoms with van der Waals surface area (Å²) in [5, 5.41) is 8.24. The molecule has 0 saturated carbocycles. The van der Waals surface area contributed by atoms with E-state index in [1.807, 2.05) is 37.3 Å². The summed E-state index contributed by atoms with van der Waals surface area (Å²) in [5.74, 6) is 1.46. The molecule has 1 amide bonds. The van der Waals surface area contributed by atoms with Crippen molar-refractivity contribution in [2.75, 3.05) is 6.54 Å². The minimum Gasteiger partial charge on any atom is -0.368 e. The first kappa shape index (κ1) is 12.8. The molecule has 2 N–H and O–H groups in total. The van der Waals surface area contributed by atoms with Crippen LogP contribution in [0.2, 0.25) is 0 Å². The van der Waals surface area contributed by atoms with Gasteiger partial charge in [-0.05, 0) is 12.5 Å². The molecule has 20 heavy (non-hydrogen) atoms. The SMILES string of the molecule is Cc1nnc2n1CCN(C(C(N)=O)c1ccccc1)C2. The standard InChI is InChI=1S/C14H17N5O/c1-10-16-17-12-9-18(7-8-19(10)12)13(14(15)20)11-5-3-2-4-6-11/h2-6,13H,7-9H2,1H3,(H2,15,20). The number of hydrogen-bond donors (Lipinski definition) is 1. The molecule has 6 heteroatoms. The number of carbonyl (C=O) groups excluding carboxylic acids is 1. The molecule has 0 spiro atoms. The normalized spacial score (nSPS) is 16.6. The van der Waals surface area contributed by atoms with E-state index in [1.165, 1.54) is 0 Å². The third-order valence-electron chi connectivity index (χ3n) is 3.72. The molecule has 0 bridgehead atoms. The van der Waals surface area contributed by atoms with Crippen LogP contribution in [0, 0.1) is 6.92 Å². The largest absolute Gasteiger partial charge is 0.368 e. The van der Waals surface area contributed by atoms with E-state index in [1.54, 1.807) is 0 Å². The van der Waals surface area contributed by atoms with Crippen molar-refractivity contribution in [1.29, 1.82) is 0 Å². The summed E-state index contributed by atoms with van der Waals surface area (Å²) in [6.45, 7) is 4.07. The minimum atomic E-state index is -0.415. The predicted octanol–water partition coefficient (Wildman–Crippen LogP) is 0.629. The Hall–Kier alpha value is -2.21. The first-order valence-corrected chi connectivity index (χ1v) is 6.64. The van der Waals surface area contributed by atoms with Gasteiger partial charge in [0.15, 0.2) is 0 Å². The summed E-state index contributed by atoms with van der Waals surface area (Å²) < 4.78 is 2.08. The third kappa shape index (κ3) is 2.18. The van der Waals surface area contributed by atoms with Gasteiger partial charge in [0.1, 0.15) is 17.7 Å². The van der Waals surface area contributed by atoms with Crippen LogP contribution in [0.25, 0.3) is 0 Å². The molecule has 1 aliphatic rings. The average molecular weight is 271 g/mol. The van der Waals surface area contributed by atoms with Crippen LogP contribution in [0.1, 0.15) is 23.3 Å². The van der Waals surface area contributed by atoms with Gasteiger partial charge in [-0.15, -0.1) is 10.2 Å². The zero-order valence-corrected chi connectivity index (χ0v) is 11.4. The molecular weight excluding hydrogens is 254 g/mol. The van der Waals surface area contributed by atoms with Gasteiger partial charge in [-0.2, -0.15) is 0 Å². The maximum atomic E-state index is 11.9. The Balaban J connectivity index is 1.89. The predicted molar refractivity (Wildman–Crippen MR) is 73.5 cm³/mol. The Morgan fingerprint density at radius 1 is 1.25 bits per heavy atom. The quantitative estimate of drug-likeness (QED) is 0.888. The molecule has 1 atom stereocenters. The maximum Gasteiger partial charge on any atom is 0.239 e. The van der Waals surface area contributed by atoms with Gasteiger partial charge in [-0.3, -0.25) is 9.69 Å². The molecule has 0 aliphatic carbocycles. The molecule has 1 unspecified atom stereocenters. The van der Waals surface area contributed by atoms with Crippen molar-refractivity contribution in [2.24, 2.45) is 5.73 Å². The van der Waals surface area contributed by atoms with Gasteiger partial charge >= 0.3 is 0 Å². The second-order valence-corrected chi connectivity index (χ2v) is 5.00. The number of aryl methyl sites for hydroxylation is 1. The van der Waals surface area contributed by atoms with E-state index in [2.05, 4.69) is 19.7 Å². The van der Waals surface area contributed by atoms with E-state index in [0.29, 0.717) is 6.54 Å². The summed E-state index contributed by atoms with van der Waals surface area (Å²) in [7, 11) is 0. The summed E-state index contributed by atoms with van der Waals surface area (Å²) in [6.07, 6.45) is 0. The number of benzene rings is 1. The Morgan fingerprint density at radius 2 is 2.00 bits per heavy atom. The van der Waals surface area contributed by atoms with E-state index < -0.39 is 6.04 Å². The Kier molecular flexibility index (Phi) is 3.23. The molecule has 1 aliphatic heterocycles. The Bertz CT molecular complexity index is 622. The van der Waals surface area contributed by atoms with Gasteiger partial charge in [0.25, 0.3) is 0 Å². The number of amides is 1. The molecule has 1 aromatic heterocycles. The maximum absolute atomic E-state index is 11.9. The molecule has 2 heterocycles. The van der Waals surface area contributed by atoms with Crippen molar-refractivity contribution in [3.05, 3.63) is 47.5 Å². The molecule has 2 aromatic rings. The number of nitrogens with zero attached hydrogens (tertiary/aromatic N) is 4. The zero-order chi connectivity index (χ0) is 14.1. The van der Waals surface area contributed by atoms with E-state index in [0.717, 1.165) is 30.3 Å². The number of primary amides is 1. The summed E-state index contributed by atoms with van der Waals surface area (Å²) >= 11 is 0. The number of hydrogen-bond acceptors (Lipinski definition) is 4. The fourth-order valence-electron chi connectivity index (χ4n) is 2.73. The number of aromatic nitrogens is 3. The highest BCUT2D eigenvalue weighted by Crippen LogP contribution is 2.24. The van der Waals surface area contributed by atoms with Gasteiger partial charge in [-0.25, -0.2) is 0 Å². The highest BCUT2D eigenvalue weighted by molar-refractivity contribution is 5.81. The van der Waals surface area contributed by atoms with E-state index in [-0.39, 0.29) is 5.91 Å². The van der Waals surface area contributed by atoms with Crippen molar-refractivity contribution in [3.63, 3.8) is 0 Å². The van der Waals surface area contributed by atoms with Crippen LogP contribution in [-0.2, 0) is 17.9 Å². The van der Waals surface area contributed by atoms with E-state index in [9.17, 15) is 4.79 Å². The average Bonchev–Trinajstić information content (AvgIpc) is 2.81. The number of fused-ring (bicyclic) bond motifs is 1. The van der Waals surface area contributed by atoms with Crippen LogP contribution in [0.4, 0.5) is 0 Å². The molecule has 0 fully saturated rings. The Labute approximate surface area is 117 Å². The van der Waals surface area contributed by atoms with Gasteiger partial charge in [0.05, 0.1) is 6.54 Å². The summed E-state index contributed by atoms with van der Waals surface area (Å²) in [5.41, 5.74) is 6.52. The summed E-state index contributed by atoms with van der Waals surface area (Å²) in [6, 6.07) is 9.21.